The minimum Gasteiger partial charge on any atom is -0.334 e. The Hall–Kier alpha value is -3.46. The first-order valence-corrected chi connectivity index (χ1v) is 10.4. The standard InChI is InChI=1S/C21H19N5O3S/c27-17(14-7-3-1-4-8-14)13-30-21-25-24-18(26(21)16-9-5-2-6-10-16)11-15-12-19(28)23-20(29)22-15/h1-10,15H,11-13H2,(H2,22,23,28,29). The number of aromatic nitrogens is 3. The minimum absolute atomic E-state index is 0.000904. The van der Waals surface area contributed by atoms with Gasteiger partial charge in [0.1, 0.15) is 5.82 Å². The van der Waals surface area contributed by atoms with E-state index in [9.17, 15) is 14.4 Å². The van der Waals surface area contributed by atoms with Crippen LogP contribution in [0.15, 0.2) is 65.8 Å². The molecular weight excluding hydrogens is 402 g/mol. The maximum Gasteiger partial charge on any atom is 0.321 e. The lowest BCUT2D eigenvalue weighted by atomic mass is 10.1. The van der Waals surface area contributed by atoms with Gasteiger partial charge in [0, 0.05) is 30.1 Å². The van der Waals surface area contributed by atoms with Gasteiger partial charge < -0.3 is 5.32 Å². The molecule has 0 aliphatic carbocycles. The number of carbonyl (C=O) groups is 3. The van der Waals surface area contributed by atoms with E-state index in [0.29, 0.717) is 23.0 Å². The second-order valence-electron chi connectivity index (χ2n) is 6.77. The molecule has 9 heteroatoms. The van der Waals surface area contributed by atoms with Crippen LogP contribution < -0.4 is 10.6 Å². The highest BCUT2D eigenvalue weighted by molar-refractivity contribution is 7.99. The molecule has 2 aromatic carbocycles. The maximum absolute atomic E-state index is 12.5. The Labute approximate surface area is 177 Å². The lowest BCUT2D eigenvalue weighted by Crippen LogP contribution is -2.53. The van der Waals surface area contributed by atoms with E-state index in [2.05, 4.69) is 20.8 Å². The van der Waals surface area contributed by atoms with Gasteiger partial charge in [0.2, 0.25) is 5.91 Å². The van der Waals surface area contributed by atoms with Crippen LogP contribution in [0.1, 0.15) is 22.6 Å². The summed E-state index contributed by atoms with van der Waals surface area (Å²) in [5, 5.41) is 14.1. The van der Waals surface area contributed by atoms with E-state index in [1.807, 2.05) is 53.1 Å². The van der Waals surface area contributed by atoms with Gasteiger partial charge in [0.25, 0.3) is 0 Å². The first kappa shape index (κ1) is 19.8. The van der Waals surface area contributed by atoms with Crippen molar-refractivity contribution in [1.82, 2.24) is 25.4 Å². The number of amides is 3. The molecule has 3 aromatic rings. The van der Waals surface area contributed by atoms with Crippen LogP contribution >= 0.6 is 11.8 Å². The highest BCUT2D eigenvalue weighted by Gasteiger charge is 2.27. The number of imide groups is 1. The summed E-state index contributed by atoms with van der Waals surface area (Å²) in [6.07, 6.45) is 0.511. The molecule has 0 radical (unpaired) electrons. The Morgan fingerprint density at radius 3 is 2.43 bits per heavy atom. The second-order valence-corrected chi connectivity index (χ2v) is 7.72. The smallest absolute Gasteiger partial charge is 0.321 e. The van der Waals surface area contributed by atoms with Crippen molar-refractivity contribution < 1.29 is 14.4 Å². The first-order valence-electron chi connectivity index (χ1n) is 9.41. The first-order chi connectivity index (χ1) is 14.6. The van der Waals surface area contributed by atoms with Gasteiger partial charge >= 0.3 is 6.03 Å². The number of para-hydroxylation sites is 1. The zero-order chi connectivity index (χ0) is 20.9. The highest BCUT2D eigenvalue weighted by Crippen LogP contribution is 2.24. The number of carbonyl (C=O) groups excluding carboxylic acids is 3. The molecule has 2 heterocycles. The molecule has 1 aliphatic heterocycles. The topological polar surface area (TPSA) is 106 Å². The van der Waals surface area contributed by atoms with Gasteiger partial charge in [-0.2, -0.15) is 0 Å². The third kappa shape index (κ3) is 4.57. The molecule has 1 aliphatic rings. The quantitative estimate of drug-likeness (QED) is 0.448. The van der Waals surface area contributed by atoms with Gasteiger partial charge in [-0.25, -0.2) is 4.79 Å². The Bertz CT molecular complexity index is 1050. The largest absolute Gasteiger partial charge is 0.334 e. The third-order valence-corrected chi connectivity index (χ3v) is 5.52. The third-order valence-electron chi connectivity index (χ3n) is 4.59. The second kappa shape index (κ2) is 8.91. The number of rotatable bonds is 7. The summed E-state index contributed by atoms with van der Waals surface area (Å²) in [6.45, 7) is 0. The van der Waals surface area contributed by atoms with Gasteiger partial charge in [0.05, 0.1) is 5.75 Å². The highest BCUT2D eigenvalue weighted by atomic mass is 32.2. The fourth-order valence-electron chi connectivity index (χ4n) is 3.22. The van der Waals surface area contributed by atoms with Crippen molar-refractivity contribution in [3.8, 4) is 5.69 Å². The van der Waals surface area contributed by atoms with Gasteiger partial charge in [-0.05, 0) is 12.1 Å². The molecule has 1 fully saturated rings. The number of hydrogen-bond donors (Lipinski definition) is 2. The van der Waals surface area contributed by atoms with Crippen molar-refractivity contribution in [3.05, 3.63) is 72.1 Å². The van der Waals surface area contributed by atoms with Crippen LogP contribution in [-0.4, -0.2) is 44.3 Å². The van der Waals surface area contributed by atoms with Crippen LogP contribution in [0, 0.1) is 0 Å². The summed E-state index contributed by atoms with van der Waals surface area (Å²) in [5.74, 6) is 0.506. The molecule has 30 heavy (non-hydrogen) atoms. The van der Waals surface area contributed by atoms with E-state index in [0.717, 1.165) is 5.69 Å². The molecule has 3 amide bonds. The maximum atomic E-state index is 12.5. The Morgan fingerprint density at radius 1 is 1.03 bits per heavy atom. The minimum atomic E-state index is -0.509. The number of Topliss-reactive ketones (excluding diaryl/α,β-unsaturated/α-hetero) is 1. The van der Waals surface area contributed by atoms with Crippen LogP contribution in [0.2, 0.25) is 0 Å². The Morgan fingerprint density at radius 2 is 1.73 bits per heavy atom. The Balaban J connectivity index is 1.57. The van der Waals surface area contributed by atoms with Crippen molar-refractivity contribution in [2.75, 3.05) is 5.75 Å². The molecule has 1 saturated heterocycles. The summed E-state index contributed by atoms with van der Waals surface area (Å²) in [4.78, 5) is 35.8. The zero-order valence-corrected chi connectivity index (χ0v) is 16.8. The number of nitrogens with one attached hydrogen (secondary N) is 2. The van der Waals surface area contributed by atoms with Gasteiger partial charge in [-0.15, -0.1) is 10.2 Å². The molecule has 4 rings (SSSR count). The van der Waals surface area contributed by atoms with Crippen molar-refractivity contribution in [2.45, 2.75) is 24.0 Å². The predicted molar refractivity (Wildman–Crippen MR) is 112 cm³/mol. The summed E-state index contributed by atoms with van der Waals surface area (Å²) in [5.41, 5.74) is 1.49. The monoisotopic (exact) mass is 421 g/mol. The van der Waals surface area contributed by atoms with Crippen molar-refractivity contribution in [2.24, 2.45) is 0 Å². The molecule has 1 aromatic heterocycles. The van der Waals surface area contributed by atoms with Crippen LogP contribution in [0.5, 0.6) is 0 Å². The molecule has 2 N–H and O–H groups in total. The predicted octanol–water partition coefficient (Wildman–Crippen LogP) is 2.38. The van der Waals surface area contributed by atoms with E-state index < -0.39 is 6.03 Å². The molecular formula is C21H19N5O3S. The summed E-state index contributed by atoms with van der Waals surface area (Å²) >= 11 is 1.30. The SMILES string of the molecule is O=C1CC(Cc2nnc(SCC(=O)c3ccccc3)n2-c2ccccc2)NC(=O)N1. The average Bonchev–Trinajstić information content (AvgIpc) is 3.14. The number of nitrogens with zero attached hydrogens (tertiary/aromatic N) is 3. The van der Waals surface area contributed by atoms with Crippen molar-refractivity contribution in [3.63, 3.8) is 0 Å². The van der Waals surface area contributed by atoms with Gasteiger partial charge in [-0.1, -0.05) is 60.3 Å². The molecule has 0 bridgehead atoms. The van der Waals surface area contributed by atoms with Crippen molar-refractivity contribution in [1.29, 1.82) is 0 Å². The molecule has 0 saturated carbocycles. The number of benzene rings is 2. The summed E-state index contributed by atoms with van der Waals surface area (Å²) in [6, 6.07) is 17.8. The van der Waals surface area contributed by atoms with Gasteiger partial charge in [0.15, 0.2) is 10.9 Å². The zero-order valence-electron chi connectivity index (χ0n) is 15.9. The lowest BCUT2D eigenvalue weighted by Gasteiger charge is -2.23. The van der Waals surface area contributed by atoms with Crippen LogP contribution in [0.3, 0.4) is 0 Å². The van der Waals surface area contributed by atoms with E-state index >= 15 is 0 Å². The number of thioether (sulfide) groups is 1. The van der Waals surface area contributed by atoms with E-state index in [1.54, 1.807) is 12.1 Å². The fraction of sp³-hybridized carbons (Fsp3) is 0.190. The number of urea groups is 1. The van der Waals surface area contributed by atoms with Crippen molar-refractivity contribution >= 4 is 29.5 Å². The number of hydrogen-bond acceptors (Lipinski definition) is 6. The van der Waals surface area contributed by atoms with Crippen LogP contribution in [0.4, 0.5) is 4.79 Å². The molecule has 1 atom stereocenters. The van der Waals surface area contributed by atoms with E-state index in [4.69, 9.17) is 0 Å². The summed E-state index contributed by atoms with van der Waals surface area (Å²) in [7, 11) is 0. The summed E-state index contributed by atoms with van der Waals surface area (Å²) < 4.78 is 1.86. The van der Waals surface area contributed by atoms with E-state index in [-0.39, 0.29) is 29.9 Å². The van der Waals surface area contributed by atoms with E-state index in [1.165, 1.54) is 11.8 Å². The fourth-order valence-corrected chi connectivity index (χ4v) is 4.08. The molecule has 152 valence electrons. The Kier molecular flexibility index (Phi) is 5.89. The number of ketones is 1. The molecule has 8 nitrogen and oxygen atoms in total. The average molecular weight is 421 g/mol. The molecule has 0 spiro atoms. The lowest BCUT2D eigenvalue weighted by molar-refractivity contribution is -0.121. The van der Waals surface area contributed by atoms with Crippen LogP contribution in [0.25, 0.3) is 5.69 Å². The normalized spacial score (nSPS) is 16.1. The van der Waals surface area contributed by atoms with Gasteiger partial charge in [-0.3, -0.25) is 19.5 Å². The van der Waals surface area contributed by atoms with Crippen LogP contribution in [-0.2, 0) is 11.2 Å². The molecule has 1 unspecified atom stereocenters.